The number of hydrogen-bond donors (Lipinski definition) is 3. The number of primary amides is 2. The number of H-pyrrole nitrogens is 1. The van der Waals surface area contributed by atoms with Crippen LogP contribution in [-0.2, 0) is 0 Å². The normalized spacial score (nSPS) is 9.75. The minimum Gasteiger partial charge on any atom is -0.364 e. The van der Waals surface area contributed by atoms with Gasteiger partial charge in [0.1, 0.15) is 5.69 Å². The first-order chi connectivity index (χ1) is 5.54. The highest BCUT2D eigenvalue weighted by Crippen LogP contribution is 2.12. The molecule has 0 unspecified atom stereocenters. The van der Waals surface area contributed by atoms with Gasteiger partial charge in [-0.3, -0.25) is 14.7 Å². The van der Waals surface area contributed by atoms with E-state index in [1.807, 2.05) is 0 Å². The van der Waals surface area contributed by atoms with Crippen LogP contribution in [0.5, 0.6) is 0 Å². The van der Waals surface area contributed by atoms with Gasteiger partial charge in [-0.2, -0.15) is 5.10 Å². The summed E-state index contributed by atoms with van der Waals surface area (Å²) in [5.74, 6) is -1.36. The molecule has 6 nitrogen and oxygen atoms in total. The summed E-state index contributed by atoms with van der Waals surface area (Å²) in [4.78, 5) is 21.3. The molecule has 0 spiro atoms. The van der Waals surface area contributed by atoms with Crippen molar-refractivity contribution in [1.82, 2.24) is 10.2 Å². The molecule has 7 heteroatoms. The number of halogens is 1. The summed E-state index contributed by atoms with van der Waals surface area (Å²) in [5.41, 5.74) is 10.0. The van der Waals surface area contributed by atoms with Gasteiger partial charge in [0.05, 0.1) is 3.57 Å². The summed E-state index contributed by atoms with van der Waals surface area (Å²) < 4.78 is 0.354. The van der Waals surface area contributed by atoms with E-state index in [1.54, 1.807) is 22.6 Å². The van der Waals surface area contributed by atoms with Gasteiger partial charge in [-0.15, -0.1) is 0 Å². The molecular weight excluding hydrogens is 275 g/mol. The fraction of sp³-hybridized carbons (Fsp3) is 0. The Hall–Kier alpha value is -1.12. The molecule has 1 rings (SSSR count). The van der Waals surface area contributed by atoms with Crippen LogP contribution >= 0.6 is 22.6 Å². The van der Waals surface area contributed by atoms with E-state index >= 15 is 0 Å². The lowest BCUT2D eigenvalue weighted by Crippen LogP contribution is -2.15. The Morgan fingerprint density at radius 3 is 2.17 bits per heavy atom. The van der Waals surface area contributed by atoms with Crippen molar-refractivity contribution in [1.29, 1.82) is 0 Å². The minimum atomic E-state index is -0.692. The van der Waals surface area contributed by atoms with Crippen molar-refractivity contribution in [2.24, 2.45) is 11.5 Å². The number of amides is 2. The number of rotatable bonds is 2. The number of aromatic nitrogens is 2. The number of nitrogens with zero attached hydrogens (tertiary/aromatic N) is 1. The second kappa shape index (κ2) is 3.09. The van der Waals surface area contributed by atoms with Gasteiger partial charge in [0.25, 0.3) is 11.8 Å². The van der Waals surface area contributed by atoms with E-state index in [9.17, 15) is 9.59 Å². The lowest BCUT2D eigenvalue weighted by molar-refractivity contribution is 0.0989. The van der Waals surface area contributed by atoms with Crippen LogP contribution in [-0.4, -0.2) is 22.0 Å². The predicted molar refractivity (Wildman–Crippen MR) is 48.3 cm³/mol. The third-order valence-corrected chi connectivity index (χ3v) is 2.24. The fourth-order valence-corrected chi connectivity index (χ4v) is 1.43. The van der Waals surface area contributed by atoms with Gasteiger partial charge in [-0.05, 0) is 22.6 Å². The van der Waals surface area contributed by atoms with E-state index in [4.69, 9.17) is 11.5 Å². The number of carbonyl (C=O) groups excluding carboxylic acids is 2. The van der Waals surface area contributed by atoms with Gasteiger partial charge < -0.3 is 11.5 Å². The Labute approximate surface area is 80.8 Å². The van der Waals surface area contributed by atoms with Gasteiger partial charge in [0.2, 0.25) is 0 Å². The third kappa shape index (κ3) is 1.40. The summed E-state index contributed by atoms with van der Waals surface area (Å²) in [7, 11) is 0. The summed E-state index contributed by atoms with van der Waals surface area (Å²) in [5, 5.41) is 5.85. The molecule has 0 bridgehead atoms. The Kier molecular flexibility index (Phi) is 2.31. The third-order valence-electron chi connectivity index (χ3n) is 1.19. The van der Waals surface area contributed by atoms with Crippen molar-refractivity contribution in [2.75, 3.05) is 0 Å². The number of nitrogens with one attached hydrogen (secondary N) is 1. The molecule has 0 aliphatic rings. The van der Waals surface area contributed by atoms with Crippen LogP contribution in [0.25, 0.3) is 0 Å². The molecule has 12 heavy (non-hydrogen) atoms. The number of aromatic amines is 1. The first-order valence-corrected chi connectivity index (χ1v) is 3.95. The van der Waals surface area contributed by atoms with E-state index < -0.39 is 11.8 Å². The highest BCUT2D eigenvalue weighted by atomic mass is 127. The van der Waals surface area contributed by atoms with Gasteiger partial charge in [-0.25, -0.2) is 0 Å². The van der Waals surface area contributed by atoms with Crippen LogP contribution in [0.15, 0.2) is 0 Å². The van der Waals surface area contributed by atoms with E-state index in [0.717, 1.165) is 0 Å². The van der Waals surface area contributed by atoms with Crippen molar-refractivity contribution >= 4 is 34.4 Å². The average Bonchev–Trinajstić information content (AvgIpc) is 2.30. The van der Waals surface area contributed by atoms with Gasteiger partial charge in [0, 0.05) is 0 Å². The van der Waals surface area contributed by atoms with Crippen molar-refractivity contribution in [3.8, 4) is 0 Å². The van der Waals surface area contributed by atoms with Crippen molar-refractivity contribution in [2.45, 2.75) is 0 Å². The molecule has 0 radical (unpaired) electrons. The Balaban J connectivity index is 3.22. The van der Waals surface area contributed by atoms with Crippen LogP contribution in [0.4, 0.5) is 0 Å². The molecule has 0 aliphatic heterocycles. The standard InChI is InChI=1S/C5H5IN4O2/c6-1-2(4(7)11)9-10-3(1)5(8)12/h(H2,7,11)(H2,8,12)(H,9,10). The summed E-state index contributed by atoms with van der Waals surface area (Å²) in [6.07, 6.45) is 0. The van der Waals surface area contributed by atoms with Crippen LogP contribution < -0.4 is 11.5 Å². The number of nitrogens with two attached hydrogens (primary N) is 2. The quantitative estimate of drug-likeness (QED) is 0.616. The maximum absolute atomic E-state index is 10.7. The molecular formula is C5H5IN4O2. The first kappa shape index (κ1) is 8.97. The topological polar surface area (TPSA) is 115 Å². The predicted octanol–water partition coefficient (Wildman–Crippen LogP) is -0.788. The molecule has 0 fully saturated rings. The molecule has 5 N–H and O–H groups in total. The smallest absolute Gasteiger partial charge is 0.270 e. The second-order valence-corrected chi connectivity index (χ2v) is 3.07. The van der Waals surface area contributed by atoms with Crippen LogP contribution in [0.1, 0.15) is 21.0 Å². The van der Waals surface area contributed by atoms with Crippen LogP contribution in [0.3, 0.4) is 0 Å². The van der Waals surface area contributed by atoms with Crippen molar-refractivity contribution in [3.05, 3.63) is 15.0 Å². The zero-order valence-electron chi connectivity index (χ0n) is 5.80. The van der Waals surface area contributed by atoms with E-state index in [1.165, 1.54) is 0 Å². The summed E-state index contributed by atoms with van der Waals surface area (Å²) >= 11 is 1.77. The lowest BCUT2D eigenvalue weighted by Gasteiger charge is -1.89. The monoisotopic (exact) mass is 280 g/mol. The molecule has 0 saturated heterocycles. The summed E-state index contributed by atoms with van der Waals surface area (Å²) in [6, 6.07) is 0. The van der Waals surface area contributed by atoms with Gasteiger partial charge >= 0.3 is 0 Å². The largest absolute Gasteiger partial charge is 0.364 e. The lowest BCUT2D eigenvalue weighted by atomic mass is 10.3. The number of carbonyl (C=O) groups is 2. The van der Waals surface area contributed by atoms with Crippen molar-refractivity contribution < 1.29 is 9.59 Å². The molecule has 64 valence electrons. The Morgan fingerprint density at radius 2 is 1.92 bits per heavy atom. The molecule has 0 atom stereocenters. The molecule has 0 saturated carbocycles. The molecule has 0 aliphatic carbocycles. The van der Waals surface area contributed by atoms with Gasteiger partial charge in [-0.1, -0.05) is 0 Å². The zero-order valence-corrected chi connectivity index (χ0v) is 7.95. The molecule has 1 aromatic heterocycles. The fourth-order valence-electron chi connectivity index (χ4n) is 0.655. The molecule has 2 amide bonds. The molecule has 1 aromatic rings. The highest BCUT2D eigenvalue weighted by molar-refractivity contribution is 14.1. The molecule has 1 heterocycles. The highest BCUT2D eigenvalue weighted by Gasteiger charge is 2.17. The minimum absolute atomic E-state index is 0.0319. The second-order valence-electron chi connectivity index (χ2n) is 1.99. The SMILES string of the molecule is NC(=O)c1n[nH]c(C(N)=O)c1I. The summed E-state index contributed by atoms with van der Waals surface area (Å²) in [6.45, 7) is 0. The van der Waals surface area contributed by atoms with E-state index in [2.05, 4.69) is 10.2 Å². The van der Waals surface area contributed by atoms with Crippen LogP contribution in [0, 0.1) is 3.57 Å². The molecule has 0 aromatic carbocycles. The Morgan fingerprint density at radius 1 is 1.33 bits per heavy atom. The van der Waals surface area contributed by atoms with E-state index in [0.29, 0.717) is 3.57 Å². The van der Waals surface area contributed by atoms with Gasteiger partial charge in [0.15, 0.2) is 5.69 Å². The maximum Gasteiger partial charge on any atom is 0.270 e. The zero-order chi connectivity index (χ0) is 9.30. The first-order valence-electron chi connectivity index (χ1n) is 2.87. The van der Waals surface area contributed by atoms with Crippen LogP contribution in [0.2, 0.25) is 0 Å². The Bertz CT molecular complexity index is 314. The average molecular weight is 280 g/mol. The van der Waals surface area contributed by atoms with E-state index in [-0.39, 0.29) is 11.4 Å². The maximum atomic E-state index is 10.7. The number of hydrogen-bond acceptors (Lipinski definition) is 3. The van der Waals surface area contributed by atoms with Crippen molar-refractivity contribution in [3.63, 3.8) is 0 Å².